The molecule has 1 saturated carbocycles. The van der Waals surface area contributed by atoms with Crippen molar-refractivity contribution < 1.29 is 14.7 Å². The first kappa shape index (κ1) is 14.6. The summed E-state index contributed by atoms with van der Waals surface area (Å²) in [5.41, 5.74) is 0.525. The second-order valence-corrected chi connectivity index (χ2v) is 6.85. The fraction of sp³-hybridized carbons (Fsp3) is 0.500. The number of aliphatic carboxylic acids is 1. The molecule has 0 bridgehead atoms. The summed E-state index contributed by atoms with van der Waals surface area (Å²) in [6.45, 7) is 0.564. The summed E-state index contributed by atoms with van der Waals surface area (Å²) < 4.78 is 0.982. The lowest BCUT2D eigenvalue weighted by Gasteiger charge is -2.35. The van der Waals surface area contributed by atoms with Crippen molar-refractivity contribution >= 4 is 27.8 Å². The molecule has 0 radical (unpaired) electrons. The molecule has 1 amide bonds. The molecular weight excluding hydrogens is 334 g/mol. The maximum atomic E-state index is 12.9. The maximum absolute atomic E-state index is 12.9. The summed E-state index contributed by atoms with van der Waals surface area (Å²) in [7, 11) is 0. The number of carbonyl (C=O) groups is 2. The van der Waals surface area contributed by atoms with Crippen molar-refractivity contribution in [3.05, 3.63) is 34.3 Å². The van der Waals surface area contributed by atoms with E-state index >= 15 is 0 Å². The van der Waals surface area contributed by atoms with Crippen LogP contribution in [0.15, 0.2) is 28.7 Å². The normalized spacial score (nSPS) is 23.7. The van der Waals surface area contributed by atoms with Crippen molar-refractivity contribution in [1.82, 2.24) is 4.90 Å². The van der Waals surface area contributed by atoms with Crippen molar-refractivity contribution in [3.63, 3.8) is 0 Å². The number of carboxylic acids is 1. The van der Waals surface area contributed by atoms with Crippen LogP contribution in [0.1, 0.15) is 37.7 Å². The topological polar surface area (TPSA) is 57.6 Å². The Hall–Kier alpha value is -1.36. The van der Waals surface area contributed by atoms with Gasteiger partial charge in [-0.25, -0.2) is 4.79 Å². The molecule has 1 saturated heterocycles. The van der Waals surface area contributed by atoms with Gasteiger partial charge in [0.25, 0.3) is 0 Å². The largest absolute Gasteiger partial charge is 0.480 e. The first-order valence-electron chi connectivity index (χ1n) is 7.34. The standard InChI is InChI=1S/C16H18BrNO3/c17-12-6-4-11(5-7-12)16(8-9-16)15(21)18-10-2-1-3-13(18)14(19)20/h4-7,13H,1-3,8-10H2,(H,19,20)/t13-/m0/s1. The second kappa shape index (κ2) is 5.44. The molecule has 112 valence electrons. The number of nitrogens with zero attached hydrogens (tertiary/aromatic N) is 1. The third-order valence-electron chi connectivity index (χ3n) is 4.60. The van der Waals surface area contributed by atoms with Gasteiger partial charge in [-0.1, -0.05) is 28.1 Å². The number of hydrogen-bond donors (Lipinski definition) is 1. The van der Waals surface area contributed by atoms with Crippen LogP contribution < -0.4 is 0 Å². The van der Waals surface area contributed by atoms with Gasteiger partial charge < -0.3 is 10.0 Å². The van der Waals surface area contributed by atoms with Gasteiger partial charge in [0.2, 0.25) is 5.91 Å². The van der Waals surface area contributed by atoms with Crippen LogP contribution in [-0.2, 0) is 15.0 Å². The van der Waals surface area contributed by atoms with E-state index < -0.39 is 17.4 Å². The second-order valence-electron chi connectivity index (χ2n) is 5.94. The third-order valence-corrected chi connectivity index (χ3v) is 5.13. The molecule has 1 heterocycles. The molecule has 2 aliphatic rings. The summed E-state index contributed by atoms with van der Waals surface area (Å²) in [4.78, 5) is 25.9. The number of amides is 1. The summed E-state index contributed by atoms with van der Waals surface area (Å²) in [6.07, 6.45) is 3.97. The lowest BCUT2D eigenvalue weighted by molar-refractivity contribution is -0.153. The first-order valence-corrected chi connectivity index (χ1v) is 8.14. The van der Waals surface area contributed by atoms with Crippen LogP contribution in [0.25, 0.3) is 0 Å². The van der Waals surface area contributed by atoms with Gasteiger partial charge in [0.15, 0.2) is 0 Å². The highest BCUT2D eigenvalue weighted by Gasteiger charge is 2.54. The molecule has 1 aromatic rings. The minimum Gasteiger partial charge on any atom is -0.480 e. The van der Waals surface area contributed by atoms with E-state index in [1.54, 1.807) is 4.90 Å². The van der Waals surface area contributed by atoms with E-state index in [1.807, 2.05) is 24.3 Å². The molecule has 2 fully saturated rings. The van der Waals surface area contributed by atoms with Crippen molar-refractivity contribution in [1.29, 1.82) is 0 Å². The predicted octanol–water partition coefficient (Wildman–Crippen LogP) is 2.95. The molecule has 4 nitrogen and oxygen atoms in total. The number of rotatable bonds is 3. The van der Waals surface area contributed by atoms with Crippen LogP contribution in [0, 0.1) is 0 Å². The zero-order chi connectivity index (χ0) is 15.0. The molecule has 3 rings (SSSR count). The summed E-state index contributed by atoms with van der Waals surface area (Å²) in [5.74, 6) is -0.883. The molecule has 1 aromatic carbocycles. The lowest BCUT2D eigenvalue weighted by Crippen LogP contribution is -2.51. The molecule has 1 aliphatic carbocycles. The molecule has 1 N–H and O–H groups in total. The molecule has 0 unspecified atom stereocenters. The molecule has 21 heavy (non-hydrogen) atoms. The Morgan fingerprint density at radius 2 is 1.86 bits per heavy atom. The van der Waals surface area contributed by atoms with E-state index in [1.165, 1.54) is 0 Å². The SMILES string of the molecule is O=C(O)[C@@H]1CCCCN1C(=O)C1(c2ccc(Br)cc2)CC1. The molecular formula is C16H18BrNO3. The van der Waals surface area contributed by atoms with Crippen molar-refractivity contribution in [2.24, 2.45) is 0 Å². The maximum Gasteiger partial charge on any atom is 0.326 e. The highest BCUT2D eigenvalue weighted by molar-refractivity contribution is 9.10. The van der Waals surface area contributed by atoms with Gasteiger partial charge >= 0.3 is 5.97 Å². The molecule has 0 spiro atoms. The summed E-state index contributed by atoms with van der Waals surface area (Å²) >= 11 is 3.40. The van der Waals surface area contributed by atoms with Crippen molar-refractivity contribution in [2.75, 3.05) is 6.54 Å². The van der Waals surface area contributed by atoms with Crippen LogP contribution >= 0.6 is 15.9 Å². The Bertz CT molecular complexity index is 565. The number of halogens is 1. The Morgan fingerprint density at radius 3 is 2.43 bits per heavy atom. The fourth-order valence-electron chi connectivity index (χ4n) is 3.23. The van der Waals surface area contributed by atoms with E-state index in [0.29, 0.717) is 13.0 Å². The Kier molecular flexibility index (Phi) is 3.78. The first-order chi connectivity index (χ1) is 10.0. The average Bonchev–Trinajstić information content (AvgIpc) is 3.29. The average molecular weight is 352 g/mol. The summed E-state index contributed by atoms with van der Waals surface area (Å²) in [5, 5.41) is 9.35. The van der Waals surface area contributed by atoms with E-state index in [9.17, 15) is 14.7 Å². The van der Waals surface area contributed by atoms with E-state index in [4.69, 9.17) is 0 Å². The molecule has 0 aromatic heterocycles. The fourth-order valence-corrected chi connectivity index (χ4v) is 3.49. The molecule has 5 heteroatoms. The Morgan fingerprint density at radius 1 is 1.19 bits per heavy atom. The smallest absolute Gasteiger partial charge is 0.326 e. The number of benzene rings is 1. The van der Waals surface area contributed by atoms with Gasteiger partial charge in [0, 0.05) is 11.0 Å². The van der Waals surface area contributed by atoms with E-state index in [-0.39, 0.29) is 5.91 Å². The quantitative estimate of drug-likeness (QED) is 0.910. The zero-order valence-corrected chi connectivity index (χ0v) is 13.3. The Balaban J connectivity index is 1.86. The highest BCUT2D eigenvalue weighted by atomic mass is 79.9. The Labute approximate surface area is 132 Å². The number of hydrogen-bond acceptors (Lipinski definition) is 2. The number of piperidine rings is 1. The van der Waals surface area contributed by atoms with Gasteiger partial charge in [-0.2, -0.15) is 0 Å². The molecule has 1 atom stereocenters. The van der Waals surface area contributed by atoms with Crippen LogP contribution in [0.2, 0.25) is 0 Å². The van der Waals surface area contributed by atoms with E-state index in [2.05, 4.69) is 15.9 Å². The van der Waals surface area contributed by atoms with Gasteiger partial charge in [-0.3, -0.25) is 4.79 Å². The summed E-state index contributed by atoms with van der Waals surface area (Å²) in [6, 6.07) is 7.16. The van der Waals surface area contributed by atoms with Crippen LogP contribution in [-0.4, -0.2) is 34.5 Å². The van der Waals surface area contributed by atoms with Gasteiger partial charge in [-0.15, -0.1) is 0 Å². The third kappa shape index (κ3) is 2.59. The van der Waals surface area contributed by atoms with Crippen LogP contribution in [0.4, 0.5) is 0 Å². The van der Waals surface area contributed by atoms with Gasteiger partial charge in [0.05, 0.1) is 5.41 Å². The van der Waals surface area contributed by atoms with E-state index in [0.717, 1.165) is 35.7 Å². The predicted molar refractivity (Wildman–Crippen MR) is 82.0 cm³/mol. The van der Waals surface area contributed by atoms with Crippen LogP contribution in [0.5, 0.6) is 0 Å². The van der Waals surface area contributed by atoms with Gasteiger partial charge in [0.1, 0.15) is 6.04 Å². The number of likely N-dealkylation sites (tertiary alicyclic amines) is 1. The highest BCUT2D eigenvalue weighted by Crippen LogP contribution is 2.50. The van der Waals surface area contributed by atoms with Gasteiger partial charge in [-0.05, 0) is 49.8 Å². The molecule has 1 aliphatic heterocycles. The zero-order valence-electron chi connectivity index (χ0n) is 11.7. The van der Waals surface area contributed by atoms with Crippen molar-refractivity contribution in [2.45, 2.75) is 43.6 Å². The minimum atomic E-state index is -0.880. The lowest BCUT2D eigenvalue weighted by atomic mass is 9.91. The minimum absolute atomic E-state index is 0.00285. The monoisotopic (exact) mass is 351 g/mol. The van der Waals surface area contributed by atoms with Crippen molar-refractivity contribution in [3.8, 4) is 0 Å². The van der Waals surface area contributed by atoms with Crippen LogP contribution in [0.3, 0.4) is 0 Å². The number of carboxylic acid groups (broad SMARTS) is 1. The number of carbonyl (C=O) groups excluding carboxylic acids is 1.